The maximum atomic E-state index is 12.4. The van der Waals surface area contributed by atoms with Crippen LogP contribution in [0.3, 0.4) is 0 Å². The first-order chi connectivity index (χ1) is 21.8. The van der Waals surface area contributed by atoms with Gasteiger partial charge in [-0.2, -0.15) is 0 Å². The van der Waals surface area contributed by atoms with Gasteiger partial charge < -0.3 is 14.4 Å². The van der Waals surface area contributed by atoms with E-state index < -0.39 is 6.36 Å². The van der Waals surface area contributed by atoms with Crippen LogP contribution >= 0.6 is 23.2 Å². The summed E-state index contributed by atoms with van der Waals surface area (Å²) in [5.41, 5.74) is 7.35. The summed E-state index contributed by atoms with van der Waals surface area (Å²) >= 11 is 10.9. The zero-order chi connectivity index (χ0) is 35.1. The molecule has 0 aliphatic carbocycles. The number of aromatic nitrogens is 2. The van der Waals surface area contributed by atoms with Crippen LogP contribution in [0.5, 0.6) is 5.75 Å². The third kappa shape index (κ3) is 18.7. The van der Waals surface area contributed by atoms with Crippen LogP contribution in [0.1, 0.15) is 65.0 Å². The van der Waals surface area contributed by atoms with Crippen molar-refractivity contribution in [2.75, 3.05) is 0 Å². The van der Waals surface area contributed by atoms with Gasteiger partial charge in [0.1, 0.15) is 11.6 Å². The highest BCUT2D eigenvalue weighted by molar-refractivity contribution is 6.29. The Bertz CT molecular complexity index is 1450. The lowest BCUT2D eigenvalue weighted by Gasteiger charge is -2.10. The van der Waals surface area contributed by atoms with Crippen LogP contribution in [0.4, 0.5) is 13.2 Å². The van der Waals surface area contributed by atoms with Crippen molar-refractivity contribution >= 4 is 35.8 Å². The van der Waals surface area contributed by atoms with Crippen molar-refractivity contribution in [1.82, 2.24) is 9.55 Å². The minimum atomic E-state index is -4.71. The number of hydrogen-bond donors (Lipinski definition) is 1. The molecule has 3 aromatic rings. The molecular weight excluding hydrogens is 636 g/mol. The molecule has 0 saturated heterocycles. The second-order valence-electron chi connectivity index (χ2n) is 9.57. The molecule has 250 valence electrons. The Labute approximate surface area is 281 Å². The first-order valence-corrected chi connectivity index (χ1v) is 15.2. The molecule has 0 aliphatic heterocycles. The first kappa shape index (κ1) is 42.0. The van der Waals surface area contributed by atoms with Gasteiger partial charge in [0.25, 0.3) is 6.47 Å². The fourth-order valence-electron chi connectivity index (χ4n) is 3.37. The van der Waals surface area contributed by atoms with Gasteiger partial charge in [-0.25, -0.2) is 4.98 Å². The molecule has 0 unspecified atom stereocenters. The van der Waals surface area contributed by atoms with Crippen molar-refractivity contribution in [3.05, 3.63) is 124 Å². The molecule has 1 aromatic heterocycles. The van der Waals surface area contributed by atoms with Crippen LogP contribution in [0.25, 0.3) is 17.2 Å². The maximum absolute atomic E-state index is 12.4. The molecule has 10 heteroatoms. The minimum Gasteiger partial charge on any atom is -0.483 e. The molecule has 0 amide bonds. The Hall–Kier alpha value is -4.01. The fourth-order valence-corrected chi connectivity index (χ4v) is 3.50. The van der Waals surface area contributed by atoms with Crippen LogP contribution in [0.15, 0.2) is 107 Å². The normalized spacial score (nSPS) is 11.8. The van der Waals surface area contributed by atoms with Gasteiger partial charge in [0.05, 0.1) is 5.69 Å². The third-order valence-corrected chi connectivity index (χ3v) is 6.42. The van der Waals surface area contributed by atoms with Crippen molar-refractivity contribution in [3.8, 4) is 16.9 Å². The average molecular weight is 680 g/mol. The summed E-state index contributed by atoms with van der Waals surface area (Å²) in [5.74, 6) is 0.680. The predicted octanol–water partition coefficient (Wildman–Crippen LogP) is 11.6. The Balaban J connectivity index is 0.000000927. The molecule has 0 atom stereocenters. The zero-order valence-corrected chi connectivity index (χ0v) is 28.6. The van der Waals surface area contributed by atoms with E-state index in [2.05, 4.69) is 46.9 Å². The number of imidazole rings is 1. The van der Waals surface area contributed by atoms with Gasteiger partial charge in [-0.3, -0.25) is 4.79 Å². The second-order valence-corrected chi connectivity index (χ2v) is 10.4. The Kier molecular flexibility index (Phi) is 21.3. The molecule has 0 saturated carbocycles. The van der Waals surface area contributed by atoms with Gasteiger partial charge in [0.15, 0.2) is 0 Å². The SMILES string of the molecule is C/C=C(\C)Cl.C=C/C(C)=C\C=C(\C)CC.CCn1cc(/C=C/Cl)nc1Cc1ccc(-c2cccc(OC(F)(F)F)c2)cc1.O=CO. The lowest BCUT2D eigenvalue weighted by molar-refractivity contribution is -0.274. The van der Waals surface area contributed by atoms with Crippen molar-refractivity contribution < 1.29 is 27.8 Å². The molecule has 2 aromatic carbocycles. The molecule has 0 aliphatic rings. The van der Waals surface area contributed by atoms with E-state index in [9.17, 15) is 13.2 Å². The molecule has 0 bridgehead atoms. The Morgan fingerprint density at radius 3 is 2.15 bits per heavy atom. The van der Waals surface area contributed by atoms with Crippen LogP contribution in [0.2, 0.25) is 0 Å². The lowest BCUT2D eigenvalue weighted by atomic mass is 10.0. The number of ether oxygens (including phenoxy) is 1. The van der Waals surface area contributed by atoms with Gasteiger partial charge in [0.2, 0.25) is 0 Å². The number of halogens is 5. The van der Waals surface area contributed by atoms with Crippen LogP contribution in [-0.2, 0) is 17.8 Å². The molecular formula is C36H43Cl2F3N2O3. The largest absolute Gasteiger partial charge is 0.573 e. The summed E-state index contributed by atoms with van der Waals surface area (Å²) in [4.78, 5) is 12.9. The Morgan fingerprint density at radius 2 is 1.67 bits per heavy atom. The van der Waals surface area contributed by atoms with E-state index in [1.807, 2.05) is 70.3 Å². The highest BCUT2D eigenvalue weighted by Crippen LogP contribution is 2.28. The number of hydrogen-bond acceptors (Lipinski definition) is 3. The fraction of sp³-hybridized carbons (Fsp3) is 0.278. The second kappa shape index (κ2) is 23.3. The molecule has 0 radical (unpaired) electrons. The van der Waals surface area contributed by atoms with Gasteiger partial charge in [-0.15, -0.1) is 13.2 Å². The quantitative estimate of drug-likeness (QED) is 0.181. The predicted molar refractivity (Wildman–Crippen MR) is 186 cm³/mol. The van der Waals surface area contributed by atoms with Gasteiger partial charge >= 0.3 is 6.36 Å². The van der Waals surface area contributed by atoms with Crippen LogP contribution in [0, 0.1) is 0 Å². The number of nitrogens with zero attached hydrogens (tertiary/aromatic N) is 2. The van der Waals surface area contributed by atoms with Crippen LogP contribution < -0.4 is 4.74 Å². The van der Waals surface area contributed by atoms with Crippen molar-refractivity contribution in [2.45, 2.75) is 67.3 Å². The molecule has 46 heavy (non-hydrogen) atoms. The highest BCUT2D eigenvalue weighted by Gasteiger charge is 2.31. The number of carbonyl (C=O) groups is 1. The van der Waals surface area contributed by atoms with E-state index in [0.29, 0.717) is 12.0 Å². The van der Waals surface area contributed by atoms with E-state index in [-0.39, 0.29) is 12.2 Å². The number of carboxylic acid groups (broad SMARTS) is 1. The summed E-state index contributed by atoms with van der Waals surface area (Å²) in [7, 11) is 0. The number of rotatable bonds is 9. The van der Waals surface area contributed by atoms with E-state index in [4.69, 9.17) is 33.1 Å². The van der Waals surface area contributed by atoms with Gasteiger partial charge in [-0.1, -0.05) is 109 Å². The number of benzene rings is 2. The summed E-state index contributed by atoms with van der Waals surface area (Å²) in [6.45, 7) is 16.3. The van der Waals surface area contributed by atoms with E-state index in [0.717, 1.165) is 40.6 Å². The van der Waals surface area contributed by atoms with Crippen molar-refractivity contribution in [3.63, 3.8) is 0 Å². The lowest BCUT2D eigenvalue weighted by Crippen LogP contribution is -2.17. The number of allylic oxidation sites excluding steroid dienone is 7. The number of alkyl halides is 3. The van der Waals surface area contributed by atoms with E-state index in [1.165, 1.54) is 34.9 Å². The summed E-state index contributed by atoms with van der Waals surface area (Å²) in [6, 6.07) is 13.6. The molecule has 5 nitrogen and oxygen atoms in total. The molecule has 1 N–H and O–H groups in total. The van der Waals surface area contributed by atoms with Crippen LogP contribution in [-0.4, -0.2) is 27.5 Å². The van der Waals surface area contributed by atoms with E-state index >= 15 is 0 Å². The summed E-state index contributed by atoms with van der Waals surface area (Å²) in [5, 5.41) is 7.74. The Morgan fingerprint density at radius 1 is 1.07 bits per heavy atom. The smallest absolute Gasteiger partial charge is 0.483 e. The van der Waals surface area contributed by atoms with Crippen molar-refractivity contribution in [1.29, 1.82) is 0 Å². The van der Waals surface area contributed by atoms with Crippen molar-refractivity contribution in [2.24, 2.45) is 0 Å². The zero-order valence-electron chi connectivity index (χ0n) is 27.1. The first-order valence-electron chi connectivity index (χ1n) is 14.4. The monoisotopic (exact) mass is 678 g/mol. The maximum Gasteiger partial charge on any atom is 0.573 e. The minimum absolute atomic E-state index is 0.237. The summed E-state index contributed by atoms with van der Waals surface area (Å²) < 4.78 is 43.3. The summed E-state index contributed by atoms with van der Waals surface area (Å²) in [6.07, 6.45) is 8.67. The molecule has 1 heterocycles. The molecule has 3 rings (SSSR count). The van der Waals surface area contributed by atoms with Gasteiger partial charge in [0, 0.05) is 29.7 Å². The van der Waals surface area contributed by atoms with Gasteiger partial charge in [-0.05, 0) is 75.9 Å². The topological polar surface area (TPSA) is 64.4 Å². The molecule has 0 spiro atoms. The van der Waals surface area contributed by atoms with E-state index in [1.54, 1.807) is 12.1 Å². The average Bonchev–Trinajstić information content (AvgIpc) is 3.41. The highest BCUT2D eigenvalue weighted by atomic mass is 35.5. The number of aryl methyl sites for hydroxylation is 1. The third-order valence-electron chi connectivity index (χ3n) is 6.08. The molecule has 0 fully saturated rings. The standard InChI is InChI=1S/C21H18ClF3N2O.C10H16.C4H7Cl.CH2O2/c1-2-27-14-18(10-11-22)26-20(27)12-15-6-8-16(9-7-15)17-4-3-5-19(13-17)28-21(23,24)25;1-5-9(3)7-8-10(4)6-2;1-3-4(2)5;2-1-3/h3-11,13-14H,2,12H2,1H3;5,7-8H,1,6H2,2-4H3;3H,1-2H3;1H,(H,2,3)/b11-10+;9-7-,10-8-;4-3+;.